The quantitative estimate of drug-likeness (QED) is 0.473. The maximum atomic E-state index is 13.8. The van der Waals surface area contributed by atoms with Crippen LogP contribution in [0.25, 0.3) is 16.8 Å². The first-order valence-corrected chi connectivity index (χ1v) is 11.7. The van der Waals surface area contributed by atoms with Crippen LogP contribution in [0.4, 0.5) is 10.2 Å². The average Bonchev–Trinajstić information content (AvgIpc) is 3.30. The molecule has 0 bridgehead atoms. The van der Waals surface area contributed by atoms with Crippen molar-refractivity contribution in [2.24, 2.45) is 5.92 Å². The Morgan fingerprint density at radius 1 is 1.09 bits per heavy atom. The van der Waals surface area contributed by atoms with Crippen LogP contribution in [-0.2, 0) is 11.3 Å². The summed E-state index contributed by atoms with van der Waals surface area (Å²) in [6.45, 7) is 5.89. The number of aryl methyl sites for hydroxylation is 2. The number of nitrogens with zero attached hydrogens (tertiary/aromatic N) is 4. The maximum Gasteiger partial charge on any atom is 0.223 e. The lowest BCUT2D eigenvalue weighted by Gasteiger charge is -2.32. The number of carbonyl (C=O) groups excluding carboxylic acids is 1. The number of benzene rings is 2. The lowest BCUT2D eigenvalue weighted by molar-refractivity contribution is -0.125. The summed E-state index contributed by atoms with van der Waals surface area (Å²) < 4.78 is 15.7. The van der Waals surface area contributed by atoms with Gasteiger partial charge in [0.15, 0.2) is 5.82 Å². The van der Waals surface area contributed by atoms with E-state index in [9.17, 15) is 9.18 Å². The molecule has 0 spiro atoms. The number of piperidine rings is 1. The van der Waals surface area contributed by atoms with E-state index in [1.54, 1.807) is 24.4 Å². The molecule has 34 heavy (non-hydrogen) atoms. The van der Waals surface area contributed by atoms with Crippen LogP contribution in [0.1, 0.15) is 29.5 Å². The number of amides is 1. The van der Waals surface area contributed by atoms with Gasteiger partial charge in [-0.3, -0.25) is 4.79 Å². The second-order valence-corrected chi connectivity index (χ2v) is 8.98. The minimum Gasteiger partial charge on any atom is -0.355 e. The number of anilines is 1. The van der Waals surface area contributed by atoms with E-state index in [4.69, 9.17) is 5.10 Å². The summed E-state index contributed by atoms with van der Waals surface area (Å²) in [4.78, 5) is 19.5. The molecule has 1 N–H and O–H groups in total. The Kier molecular flexibility index (Phi) is 6.01. The van der Waals surface area contributed by atoms with Gasteiger partial charge in [0.05, 0.1) is 5.69 Å². The summed E-state index contributed by atoms with van der Waals surface area (Å²) in [6, 6.07) is 15.0. The summed E-state index contributed by atoms with van der Waals surface area (Å²) in [5.41, 5.74) is 5.96. The largest absolute Gasteiger partial charge is 0.355 e. The van der Waals surface area contributed by atoms with Crippen molar-refractivity contribution in [3.05, 3.63) is 83.4 Å². The third kappa shape index (κ3) is 4.38. The van der Waals surface area contributed by atoms with Gasteiger partial charge in [-0.1, -0.05) is 30.3 Å². The number of fused-ring (bicyclic) bond motifs is 1. The third-order valence-corrected chi connectivity index (χ3v) is 6.75. The molecule has 174 valence electrons. The van der Waals surface area contributed by atoms with Crippen molar-refractivity contribution in [2.75, 3.05) is 18.0 Å². The molecule has 3 heterocycles. The summed E-state index contributed by atoms with van der Waals surface area (Å²) in [5, 5.41) is 7.66. The van der Waals surface area contributed by atoms with Crippen LogP contribution < -0.4 is 10.2 Å². The smallest absolute Gasteiger partial charge is 0.223 e. The van der Waals surface area contributed by atoms with E-state index in [0.717, 1.165) is 48.5 Å². The molecule has 1 fully saturated rings. The van der Waals surface area contributed by atoms with E-state index in [-0.39, 0.29) is 24.2 Å². The fraction of sp³-hybridized carbons (Fsp3) is 0.296. The highest BCUT2D eigenvalue weighted by atomic mass is 19.1. The lowest BCUT2D eigenvalue weighted by Crippen LogP contribution is -2.40. The van der Waals surface area contributed by atoms with Gasteiger partial charge in [0.25, 0.3) is 0 Å². The summed E-state index contributed by atoms with van der Waals surface area (Å²) >= 11 is 0. The highest BCUT2D eigenvalue weighted by Gasteiger charge is 2.27. The van der Waals surface area contributed by atoms with E-state index < -0.39 is 0 Å². The number of halogens is 1. The van der Waals surface area contributed by atoms with Gasteiger partial charge in [-0.05, 0) is 56.0 Å². The molecule has 0 unspecified atom stereocenters. The van der Waals surface area contributed by atoms with Crippen LogP contribution in [0.3, 0.4) is 0 Å². The second kappa shape index (κ2) is 9.25. The topological polar surface area (TPSA) is 62.5 Å². The highest BCUT2D eigenvalue weighted by Crippen LogP contribution is 2.29. The lowest BCUT2D eigenvalue weighted by atomic mass is 9.95. The van der Waals surface area contributed by atoms with Gasteiger partial charge < -0.3 is 10.2 Å². The third-order valence-electron chi connectivity index (χ3n) is 6.75. The van der Waals surface area contributed by atoms with Crippen molar-refractivity contribution < 1.29 is 9.18 Å². The van der Waals surface area contributed by atoms with Gasteiger partial charge in [-0.2, -0.15) is 5.10 Å². The fourth-order valence-electron chi connectivity index (χ4n) is 4.52. The van der Waals surface area contributed by atoms with Gasteiger partial charge >= 0.3 is 0 Å². The molecule has 4 aromatic rings. The maximum absolute atomic E-state index is 13.8. The van der Waals surface area contributed by atoms with Gasteiger partial charge in [0, 0.05) is 49.1 Å². The van der Waals surface area contributed by atoms with E-state index in [1.807, 2.05) is 10.7 Å². The van der Waals surface area contributed by atoms with Crippen molar-refractivity contribution in [2.45, 2.75) is 33.2 Å². The number of carbonyl (C=O) groups is 1. The number of aromatic nitrogens is 3. The normalized spacial score (nSPS) is 14.5. The minimum absolute atomic E-state index is 0.0181. The zero-order valence-corrected chi connectivity index (χ0v) is 19.5. The average molecular weight is 458 g/mol. The van der Waals surface area contributed by atoms with Crippen molar-refractivity contribution in [3.63, 3.8) is 0 Å². The molecule has 6 nitrogen and oxygen atoms in total. The van der Waals surface area contributed by atoms with Gasteiger partial charge in [0.2, 0.25) is 5.91 Å². The first kappa shape index (κ1) is 22.1. The van der Waals surface area contributed by atoms with Crippen molar-refractivity contribution >= 4 is 17.2 Å². The Balaban J connectivity index is 1.27. The number of hydrogen-bond acceptors (Lipinski definition) is 4. The molecular formula is C27H28FN5O. The Morgan fingerprint density at radius 3 is 2.65 bits per heavy atom. The SMILES string of the molecule is Cc1ccc(-c2cc3c(N4CCC(C(=O)NCc5ccccc5F)CC4)nccn3n2)cc1C. The monoisotopic (exact) mass is 457 g/mol. The molecule has 1 aliphatic rings. The zero-order valence-electron chi connectivity index (χ0n) is 19.5. The van der Waals surface area contributed by atoms with Crippen LogP contribution in [-0.4, -0.2) is 33.6 Å². The van der Waals surface area contributed by atoms with E-state index in [1.165, 1.54) is 17.2 Å². The predicted molar refractivity (Wildman–Crippen MR) is 131 cm³/mol. The molecule has 7 heteroatoms. The Labute approximate surface area is 198 Å². The van der Waals surface area contributed by atoms with Crippen LogP contribution in [0.15, 0.2) is 60.9 Å². The van der Waals surface area contributed by atoms with E-state index in [0.29, 0.717) is 5.56 Å². The number of rotatable bonds is 5. The van der Waals surface area contributed by atoms with Gasteiger partial charge in [-0.15, -0.1) is 0 Å². The van der Waals surface area contributed by atoms with E-state index in [2.05, 4.69) is 53.3 Å². The van der Waals surface area contributed by atoms with Crippen LogP contribution >= 0.6 is 0 Å². The van der Waals surface area contributed by atoms with Crippen molar-refractivity contribution in [1.29, 1.82) is 0 Å². The van der Waals surface area contributed by atoms with Crippen LogP contribution in [0.5, 0.6) is 0 Å². The summed E-state index contributed by atoms with van der Waals surface area (Å²) in [6.07, 6.45) is 5.09. The first-order valence-electron chi connectivity index (χ1n) is 11.7. The molecule has 2 aromatic heterocycles. The molecular weight excluding hydrogens is 429 g/mol. The van der Waals surface area contributed by atoms with Crippen molar-refractivity contribution in [1.82, 2.24) is 19.9 Å². The molecule has 1 amide bonds. The highest BCUT2D eigenvalue weighted by molar-refractivity contribution is 5.79. The Bertz CT molecular complexity index is 1340. The number of nitrogens with one attached hydrogen (secondary N) is 1. The standard InChI is InChI=1S/C27H28FN5O/c1-18-7-8-21(15-19(18)2)24-16-25-26(29-11-14-33(25)31-24)32-12-9-20(10-13-32)27(34)30-17-22-5-3-4-6-23(22)28/h3-8,11,14-16,20H,9-10,12-13,17H2,1-2H3,(H,30,34). The molecule has 0 saturated carbocycles. The molecule has 5 rings (SSSR count). The summed E-state index contributed by atoms with van der Waals surface area (Å²) in [5.74, 6) is 0.488. The first-order chi connectivity index (χ1) is 16.5. The van der Waals surface area contributed by atoms with E-state index >= 15 is 0 Å². The van der Waals surface area contributed by atoms with Crippen molar-refractivity contribution in [3.8, 4) is 11.3 Å². The number of hydrogen-bond donors (Lipinski definition) is 1. The molecule has 0 radical (unpaired) electrons. The second-order valence-electron chi connectivity index (χ2n) is 8.98. The molecule has 0 aliphatic carbocycles. The van der Waals surface area contributed by atoms with Gasteiger partial charge in [0.1, 0.15) is 11.3 Å². The van der Waals surface area contributed by atoms with Crippen LogP contribution in [0.2, 0.25) is 0 Å². The molecule has 1 saturated heterocycles. The Morgan fingerprint density at radius 2 is 1.88 bits per heavy atom. The van der Waals surface area contributed by atoms with Crippen LogP contribution in [0, 0.1) is 25.6 Å². The molecule has 0 atom stereocenters. The molecule has 1 aliphatic heterocycles. The zero-order chi connectivity index (χ0) is 23.7. The molecule has 2 aromatic carbocycles. The Hall–Kier alpha value is -3.74. The fourth-order valence-corrected chi connectivity index (χ4v) is 4.52. The predicted octanol–water partition coefficient (Wildman–Crippen LogP) is 4.69. The summed E-state index contributed by atoms with van der Waals surface area (Å²) in [7, 11) is 0. The minimum atomic E-state index is -0.294. The van der Waals surface area contributed by atoms with Gasteiger partial charge in [-0.25, -0.2) is 13.9 Å².